The van der Waals surface area contributed by atoms with Crippen LogP contribution in [0.25, 0.3) is 0 Å². The minimum absolute atomic E-state index is 0.0218. The molecular weight excluding hydrogens is 326 g/mol. The van der Waals surface area contributed by atoms with E-state index in [1.165, 1.54) is 5.56 Å². The molecule has 2 nitrogen and oxygen atoms in total. The fourth-order valence-corrected chi connectivity index (χ4v) is 2.58. The van der Waals surface area contributed by atoms with Gasteiger partial charge in [0, 0.05) is 10.9 Å². The largest absolute Gasteiger partial charge is 0.350 e. The zero-order valence-corrected chi connectivity index (χ0v) is 13.9. The monoisotopic (exact) mass is 345 g/mol. The number of hydrogen-bond acceptors (Lipinski definition) is 1. The van der Waals surface area contributed by atoms with Crippen molar-refractivity contribution in [3.8, 4) is 0 Å². The van der Waals surface area contributed by atoms with Gasteiger partial charge in [-0.25, -0.2) is 0 Å². The first-order valence-corrected chi connectivity index (χ1v) is 7.95. The van der Waals surface area contributed by atoms with E-state index in [-0.39, 0.29) is 17.9 Å². The van der Waals surface area contributed by atoms with E-state index in [2.05, 4.69) is 40.3 Å². The van der Waals surface area contributed by atoms with Crippen LogP contribution in [-0.2, 0) is 4.79 Å². The molecule has 0 saturated heterocycles. The molecule has 1 N–H and O–H groups in total. The van der Waals surface area contributed by atoms with Crippen LogP contribution in [0.15, 0.2) is 59.1 Å². The normalized spacial score (nSPS) is 13.5. The van der Waals surface area contributed by atoms with Gasteiger partial charge in [0.05, 0.1) is 6.04 Å². The fourth-order valence-electron chi connectivity index (χ4n) is 2.31. The Bertz CT molecular complexity index is 580. The summed E-state index contributed by atoms with van der Waals surface area (Å²) in [5.74, 6) is 0.310. The van der Waals surface area contributed by atoms with Crippen molar-refractivity contribution in [3.05, 3.63) is 70.2 Å². The summed E-state index contributed by atoms with van der Waals surface area (Å²) < 4.78 is 1.04. The molecule has 1 amide bonds. The van der Waals surface area contributed by atoms with Crippen LogP contribution >= 0.6 is 15.9 Å². The second-order valence-electron chi connectivity index (χ2n) is 5.36. The maximum atomic E-state index is 12.2. The first-order chi connectivity index (χ1) is 10.1. The van der Waals surface area contributed by atoms with E-state index in [1.54, 1.807) is 0 Å². The Morgan fingerprint density at radius 3 is 2.24 bits per heavy atom. The highest BCUT2D eigenvalue weighted by molar-refractivity contribution is 9.10. The van der Waals surface area contributed by atoms with E-state index < -0.39 is 0 Å². The lowest BCUT2D eigenvalue weighted by molar-refractivity contribution is -0.122. The van der Waals surface area contributed by atoms with Gasteiger partial charge in [-0.05, 0) is 36.1 Å². The van der Waals surface area contributed by atoms with E-state index in [9.17, 15) is 4.79 Å². The zero-order chi connectivity index (χ0) is 15.2. The highest BCUT2D eigenvalue weighted by Crippen LogP contribution is 2.20. The molecule has 0 spiro atoms. The number of carbonyl (C=O) groups is 1. The number of benzene rings is 2. The Hall–Kier alpha value is -1.61. The summed E-state index contributed by atoms with van der Waals surface area (Å²) in [5, 5.41) is 3.06. The van der Waals surface area contributed by atoms with E-state index >= 15 is 0 Å². The van der Waals surface area contributed by atoms with Crippen LogP contribution in [0.4, 0.5) is 0 Å². The number of carbonyl (C=O) groups excluding carboxylic acids is 1. The maximum Gasteiger partial charge on any atom is 0.221 e. The zero-order valence-electron chi connectivity index (χ0n) is 12.3. The third-order valence-electron chi connectivity index (χ3n) is 3.61. The predicted octanol–water partition coefficient (Wildman–Crippen LogP) is 4.82. The average Bonchev–Trinajstić information content (AvgIpc) is 2.48. The minimum atomic E-state index is 0.0218. The lowest BCUT2D eigenvalue weighted by atomic mass is 9.97. The standard InChI is InChI=1S/C18H20BrNO/c1-13(15-6-4-3-5-7-15)12-18(21)20-14(2)16-8-10-17(19)11-9-16/h3-11,13-14H,12H2,1-2H3,(H,20,21)/t13-,14+/m0/s1. The Labute approximate surface area is 134 Å². The van der Waals surface area contributed by atoms with Crippen molar-refractivity contribution in [3.63, 3.8) is 0 Å². The van der Waals surface area contributed by atoms with Gasteiger partial charge in [0.25, 0.3) is 0 Å². The summed E-state index contributed by atoms with van der Waals surface area (Å²) in [6.07, 6.45) is 0.505. The molecule has 0 aliphatic rings. The molecule has 2 aromatic rings. The molecule has 0 heterocycles. The summed E-state index contributed by atoms with van der Waals surface area (Å²) in [5.41, 5.74) is 2.31. The second-order valence-corrected chi connectivity index (χ2v) is 6.27. The van der Waals surface area contributed by atoms with Crippen LogP contribution in [0, 0.1) is 0 Å². The molecule has 0 saturated carbocycles. The molecule has 21 heavy (non-hydrogen) atoms. The number of amides is 1. The lowest BCUT2D eigenvalue weighted by Crippen LogP contribution is -2.27. The first-order valence-electron chi connectivity index (χ1n) is 7.16. The van der Waals surface area contributed by atoms with E-state index in [0.29, 0.717) is 6.42 Å². The predicted molar refractivity (Wildman–Crippen MR) is 90.2 cm³/mol. The quantitative estimate of drug-likeness (QED) is 0.826. The van der Waals surface area contributed by atoms with Gasteiger partial charge in [-0.2, -0.15) is 0 Å². The summed E-state index contributed by atoms with van der Waals surface area (Å²) >= 11 is 3.42. The van der Waals surface area contributed by atoms with Crippen molar-refractivity contribution in [1.29, 1.82) is 0 Å². The van der Waals surface area contributed by atoms with Gasteiger partial charge in [-0.15, -0.1) is 0 Å². The topological polar surface area (TPSA) is 29.1 Å². The number of rotatable bonds is 5. The molecule has 0 bridgehead atoms. The van der Waals surface area contributed by atoms with Crippen molar-refractivity contribution >= 4 is 21.8 Å². The molecule has 0 aliphatic heterocycles. The molecule has 2 atom stereocenters. The first kappa shape index (κ1) is 15.8. The Morgan fingerprint density at radius 1 is 1.00 bits per heavy atom. The Kier molecular flexibility index (Phi) is 5.57. The van der Waals surface area contributed by atoms with Crippen molar-refractivity contribution in [2.45, 2.75) is 32.2 Å². The number of nitrogens with one attached hydrogen (secondary N) is 1. The summed E-state index contributed by atoms with van der Waals surface area (Å²) in [6.45, 7) is 4.09. The van der Waals surface area contributed by atoms with Gasteiger partial charge in [-0.3, -0.25) is 4.79 Å². The highest BCUT2D eigenvalue weighted by atomic mass is 79.9. The van der Waals surface area contributed by atoms with Crippen LogP contribution in [0.1, 0.15) is 43.4 Å². The van der Waals surface area contributed by atoms with Crippen molar-refractivity contribution in [2.75, 3.05) is 0 Å². The van der Waals surface area contributed by atoms with Gasteiger partial charge in [0.15, 0.2) is 0 Å². The minimum Gasteiger partial charge on any atom is -0.350 e. The smallest absolute Gasteiger partial charge is 0.221 e. The number of hydrogen-bond donors (Lipinski definition) is 1. The van der Waals surface area contributed by atoms with E-state index in [4.69, 9.17) is 0 Å². The third-order valence-corrected chi connectivity index (χ3v) is 4.14. The van der Waals surface area contributed by atoms with Gasteiger partial charge < -0.3 is 5.32 Å². The van der Waals surface area contributed by atoms with E-state index in [1.807, 2.05) is 49.4 Å². The second kappa shape index (κ2) is 7.41. The molecule has 0 radical (unpaired) electrons. The third kappa shape index (κ3) is 4.71. The summed E-state index contributed by atoms with van der Waals surface area (Å²) in [7, 11) is 0. The molecule has 2 aromatic carbocycles. The maximum absolute atomic E-state index is 12.2. The molecule has 0 aromatic heterocycles. The average molecular weight is 346 g/mol. The van der Waals surface area contributed by atoms with Crippen molar-refractivity contribution in [2.24, 2.45) is 0 Å². The van der Waals surface area contributed by atoms with Crippen molar-refractivity contribution < 1.29 is 4.79 Å². The summed E-state index contributed by atoms with van der Waals surface area (Å²) in [4.78, 5) is 12.2. The van der Waals surface area contributed by atoms with Gasteiger partial charge in [-0.1, -0.05) is 65.3 Å². The van der Waals surface area contributed by atoms with Crippen LogP contribution in [0.2, 0.25) is 0 Å². The highest BCUT2D eigenvalue weighted by Gasteiger charge is 2.14. The van der Waals surface area contributed by atoms with Crippen molar-refractivity contribution in [1.82, 2.24) is 5.32 Å². The molecule has 2 rings (SSSR count). The molecule has 0 aliphatic carbocycles. The fraction of sp³-hybridized carbons (Fsp3) is 0.278. The Balaban J connectivity index is 1.91. The van der Waals surface area contributed by atoms with Gasteiger partial charge in [0.1, 0.15) is 0 Å². The van der Waals surface area contributed by atoms with Crippen LogP contribution in [0.3, 0.4) is 0 Å². The molecule has 110 valence electrons. The van der Waals surface area contributed by atoms with Gasteiger partial charge >= 0.3 is 0 Å². The number of halogens is 1. The molecular formula is C18H20BrNO. The lowest BCUT2D eigenvalue weighted by Gasteiger charge is -2.17. The van der Waals surface area contributed by atoms with Crippen LogP contribution in [-0.4, -0.2) is 5.91 Å². The molecule has 0 unspecified atom stereocenters. The Morgan fingerprint density at radius 2 is 1.62 bits per heavy atom. The molecule has 3 heteroatoms. The van der Waals surface area contributed by atoms with Crippen LogP contribution < -0.4 is 5.32 Å². The SMILES string of the molecule is C[C@@H](CC(=O)N[C@H](C)c1ccc(Br)cc1)c1ccccc1. The summed E-state index contributed by atoms with van der Waals surface area (Å²) in [6, 6.07) is 18.2. The van der Waals surface area contributed by atoms with Crippen LogP contribution in [0.5, 0.6) is 0 Å². The van der Waals surface area contributed by atoms with Gasteiger partial charge in [0.2, 0.25) is 5.91 Å². The molecule has 0 fully saturated rings. The van der Waals surface area contributed by atoms with E-state index in [0.717, 1.165) is 10.0 Å².